The second kappa shape index (κ2) is 5.83. The minimum atomic E-state index is -0.267. The third kappa shape index (κ3) is 4.64. The zero-order valence-electron chi connectivity index (χ0n) is 11.5. The van der Waals surface area contributed by atoms with Crippen LogP contribution in [0.2, 0.25) is 0 Å². The van der Waals surface area contributed by atoms with E-state index >= 15 is 0 Å². The first-order chi connectivity index (χ1) is 7.83. The highest BCUT2D eigenvalue weighted by Crippen LogP contribution is 2.22. The molecular weight excluding hydrogens is 216 g/mol. The first-order valence-electron chi connectivity index (χ1n) is 6.47. The summed E-state index contributed by atoms with van der Waals surface area (Å²) < 4.78 is 5.53. The molecule has 17 heavy (non-hydrogen) atoms. The van der Waals surface area contributed by atoms with Gasteiger partial charge in [-0.3, -0.25) is 4.79 Å². The van der Waals surface area contributed by atoms with Crippen molar-refractivity contribution in [2.24, 2.45) is 11.7 Å². The van der Waals surface area contributed by atoms with Crippen LogP contribution in [0.1, 0.15) is 40.5 Å². The highest BCUT2D eigenvalue weighted by molar-refractivity contribution is 5.78. The van der Waals surface area contributed by atoms with Crippen molar-refractivity contribution < 1.29 is 9.53 Å². The summed E-state index contributed by atoms with van der Waals surface area (Å²) in [6, 6.07) is 0.190. The third-order valence-corrected chi connectivity index (χ3v) is 3.20. The predicted octanol–water partition coefficient (Wildman–Crippen LogP) is 1.39. The lowest BCUT2D eigenvalue weighted by molar-refractivity contribution is -0.145. The highest BCUT2D eigenvalue weighted by atomic mass is 16.5. The first kappa shape index (κ1) is 14.5. The van der Waals surface area contributed by atoms with Gasteiger partial charge in [-0.15, -0.1) is 0 Å². The normalized spacial score (nSPS) is 26.1. The third-order valence-electron chi connectivity index (χ3n) is 3.20. The van der Waals surface area contributed by atoms with E-state index in [4.69, 9.17) is 10.5 Å². The van der Waals surface area contributed by atoms with E-state index in [2.05, 4.69) is 6.92 Å². The monoisotopic (exact) mass is 242 g/mol. The summed E-state index contributed by atoms with van der Waals surface area (Å²) in [5.74, 6) is 0.735. The molecule has 0 radical (unpaired) electrons. The van der Waals surface area contributed by atoms with Crippen LogP contribution in [0, 0.1) is 5.92 Å². The van der Waals surface area contributed by atoms with Crippen molar-refractivity contribution in [3.63, 3.8) is 0 Å². The molecule has 0 aromatic rings. The SMILES string of the molecule is CC1CCN(C(=O)COC(C)(C)C)C(CN)C1. The molecule has 1 saturated heterocycles. The summed E-state index contributed by atoms with van der Waals surface area (Å²) in [6.45, 7) is 9.61. The molecule has 1 amide bonds. The van der Waals surface area contributed by atoms with Crippen LogP contribution in [-0.2, 0) is 9.53 Å². The smallest absolute Gasteiger partial charge is 0.248 e. The Hall–Kier alpha value is -0.610. The number of carbonyl (C=O) groups is 1. The number of likely N-dealkylation sites (tertiary alicyclic amines) is 1. The number of piperidine rings is 1. The lowest BCUT2D eigenvalue weighted by Crippen LogP contribution is -2.50. The number of nitrogens with two attached hydrogens (primary N) is 1. The van der Waals surface area contributed by atoms with Gasteiger partial charge in [-0.05, 0) is 39.5 Å². The molecule has 2 N–H and O–H groups in total. The number of rotatable bonds is 3. The van der Waals surface area contributed by atoms with Crippen LogP contribution in [0.4, 0.5) is 0 Å². The molecule has 0 saturated carbocycles. The quantitative estimate of drug-likeness (QED) is 0.813. The Bertz CT molecular complexity index is 261. The Morgan fingerprint density at radius 1 is 1.47 bits per heavy atom. The van der Waals surface area contributed by atoms with Crippen molar-refractivity contribution in [2.75, 3.05) is 19.7 Å². The molecule has 0 spiro atoms. The van der Waals surface area contributed by atoms with E-state index in [1.54, 1.807) is 0 Å². The number of carbonyl (C=O) groups excluding carboxylic acids is 1. The van der Waals surface area contributed by atoms with Gasteiger partial charge in [-0.2, -0.15) is 0 Å². The molecule has 1 aliphatic rings. The molecule has 100 valence electrons. The average Bonchev–Trinajstić information content (AvgIpc) is 2.24. The number of ether oxygens (including phenoxy) is 1. The van der Waals surface area contributed by atoms with Gasteiger partial charge in [0.25, 0.3) is 0 Å². The van der Waals surface area contributed by atoms with Crippen LogP contribution in [0.25, 0.3) is 0 Å². The Morgan fingerprint density at radius 3 is 2.65 bits per heavy atom. The van der Waals surface area contributed by atoms with Crippen LogP contribution in [0.15, 0.2) is 0 Å². The maximum atomic E-state index is 12.1. The van der Waals surface area contributed by atoms with Crippen LogP contribution < -0.4 is 5.73 Å². The molecule has 2 atom stereocenters. The van der Waals surface area contributed by atoms with E-state index in [1.165, 1.54) is 0 Å². The molecule has 0 aliphatic carbocycles. The molecule has 0 bridgehead atoms. The number of hydrogen-bond acceptors (Lipinski definition) is 3. The van der Waals surface area contributed by atoms with Gasteiger partial charge in [0, 0.05) is 19.1 Å². The van der Waals surface area contributed by atoms with Crippen molar-refractivity contribution in [2.45, 2.75) is 52.2 Å². The van der Waals surface area contributed by atoms with E-state index in [9.17, 15) is 4.79 Å². The van der Waals surface area contributed by atoms with Crippen LogP contribution in [-0.4, -0.2) is 42.1 Å². The number of nitrogens with zero attached hydrogens (tertiary/aromatic N) is 1. The van der Waals surface area contributed by atoms with E-state index in [0.29, 0.717) is 12.5 Å². The minimum absolute atomic E-state index is 0.0716. The van der Waals surface area contributed by atoms with Gasteiger partial charge in [-0.25, -0.2) is 0 Å². The van der Waals surface area contributed by atoms with Crippen LogP contribution >= 0.6 is 0 Å². The molecule has 1 fully saturated rings. The lowest BCUT2D eigenvalue weighted by Gasteiger charge is -2.38. The van der Waals surface area contributed by atoms with E-state index < -0.39 is 0 Å². The molecule has 1 rings (SSSR count). The Labute approximate surface area is 104 Å². The molecule has 2 unspecified atom stereocenters. The zero-order valence-corrected chi connectivity index (χ0v) is 11.5. The second-order valence-electron chi connectivity index (χ2n) is 6.01. The Balaban J connectivity index is 2.50. The van der Waals surface area contributed by atoms with E-state index in [1.807, 2.05) is 25.7 Å². The van der Waals surface area contributed by atoms with Crippen molar-refractivity contribution >= 4 is 5.91 Å². The summed E-state index contributed by atoms with van der Waals surface area (Å²) in [5, 5.41) is 0. The summed E-state index contributed by atoms with van der Waals surface area (Å²) in [5.41, 5.74) is 5.47. The van der Waals surface area contributed by atoms with Crippen LogP contribution in [0.3, 0.4) is 0 Å². The van der Waals surface area contributed by atoms with Gasteiger partial charge in [0.15, 0.2) is 0 Å². The minimum Gasteiger partial charge on any atom is -0.366 e. The van der Waals surface area contributed by atoms with E-state index in [-0.39, 0.29) is 24.2 Å². The molecule has 4 nitrogen and oxygen atoms in total. The maximum absolute atomic E-state index is 12.1. The Morgan fingerprint density at radius 2 is 2.12 bits per heavy atom. The lowest BCUT2D eigenvalue weighted by atomic mass is 9.92. The van der Waals surface area contributed by atoms with Crippen molar-refractivity contribution in [3.05, 3.63) is 0 Å². The van der Waals surface area contributed by atoms with Gasteiger partial charge < -0.3 is 15.4 Å². The van der Waals surface area contributed by atoms with Gasteiger partial charge in [0.2, 0.25) is 5.91 Å². The van der Waals surface area contributed by atoms with Gasteiger partial charge in [-0.1, -0.05) is 6.92 Å². The van der Waals surface area contributed by atoms with Crippen LogP contribution in [0.5, 0.6) is 0 Å². The topological polar surface area (TPSA) is 55.6 Å². The molecule has 1 heterocycles. The first-order valence-corrected chi connectivity index (χ1v) is 6.47. The number of hydrogen-bond donors (Lipinski definition) is 1. The molecular formula is C13H26N2O2. The summed E-state index contributed by atoms with van der Waals surface area (Å²) in [6.07, 6.45) is 2.08. The predicted molar refractivity (Wildman–Crippen MR) is 68.7 cm³/mol. The molecule has 0 aromatic carbocycles. The fourth-order valence-electron chi connectivity index (χ4n) is 2.16. The van der Waals surface area contributed by atoms with Gasteiger partial charge in [0.1, 0.15) is 6.61 Å². The summed E-state index contributed by atoms with van der Waals surface area (Å²) in [4.78, 5) is 14.0. The standard InChI is InChI=1S/C13H26N2O2/c1-10-5-6-15(11(7-10)8-14)12(16)9-17-13(2,3)4/h10-11H,5-9,14H2,1-4H3. The second-order valence-corrected chi connectivity index (χ2v) is 6.01. The van der Waals surface area contributed by atoms with Crippen molar-refractivity contribution in [3.8, 4) is 0 Å². The van der Waals surface area contributed by atoms with Gasteiger partial charge in [0.05, 0.1) is 5.60 Å². The fourth-order valence-corrected chi connectivity index (χ4v) is 2.16. The number of amides is 1. The maximum Gasteiger partial charge on any atom is 0.248 e. The zero-order chi connectivity index (χ0) is 13.1. The van der Waals surface area contributed by atoms with Crippen molar-refractivity contribution in [1.29, 1.82) is 0 Å². The summed E-state index contributed by atoms with van der Waals surface area (Å²) >= 11 is 0. The summed E-state index contributed by atoms with van der Waals surface area (Å²) in [7, 11) is 0. The highest BCUT2D eigenvalue weighted by Gasteiger charge is 2.29. The molecule has 4 heteroatoms. The Kier molecular flexibility index (Phi) is 4.95. The molecule has 1 aliphatic heterocycles. The van der Waals surface area contributed by atoms with Crippen molar-refractivity contribution in [1.82, 2.24) is 4.90 Å². The van der Waals surface area contributed by atoms with E-state index in [0.717, 1.165) is 19.4 Å². The van der Waals surface area contributed by atoms with Gasteiger partial charge >= 0.3 is 0 Å². The largest absolute Gasteiger partial charge is 0.366 e. The average molecular weight is 242 g/mol. The molecule has 0 aromatic heterocycles. The fraction of sp³-hybridized carbons (Fsp3) is 0.923.